The van der Waals surface area contributed by atoms with Crippen LogP contribution in [0.25, 0.3) is 0 Å². The van der Waals surface area contributed by atoms with Gasteiger partial charge in [-0.25, -0.2) is 13.6 Å². The highest BCUT2D eigenvalue weighted by atomic mass is 32.2. The van der Waals surface area contributed by atoms with Crippen LogP contribution in [0.3, 0.4) is 0 Å². The van der Waals surface area contributed by atoms with Crippen molar-refractivity contribution in [2.24, 2.45) is 5.14 Å². The quantitative estimate of drug-likeness (QED) is 0.445. The Morgan fingerprint density at radius 3 is 2.62 bits per heavy atom. The third-order valence-electron chi connectivity index (χ3n) is 3.52. The van der Waals surface area contributed by atoms with E-state index in [1.807, 2.05) is 24.3 Å². The van der Waals surface area contributed by atoms with Crippen molar-refractivity contribution >= 4 is 55.5 Å². The predicted molar refractivity (Wildman–Crippen MR) is 113 cm³/mol. The maximum absolute atomic E-state index is 12.1. The van der Waals surface area contributed by atoms with Crippen molar-refractivity contribution in [3.8, 4) is 5.75 Å². The molecule has 0 saturated carbocycles. The maximum Gasteiger partial charge on any atom is 0.238 e. The lowest BCUT2D eigenvalue weighted by atomic mass is 10.3. The number of hydrogen-bond donors (Lipinski definition) is 3. The van der Waals surface area contributed by atoms with Gasteiger partial charge in [0.2, 0.25) is 21.1 Å². The summed E-state index contributed by atoms with van der Waals surface area (Å²) in [5.74, 6) is 0.544. The van der Waals surface area contributed by atoms with E-state index in [9.17, 15) is 13.2 Å². The van der Waals surface area contributed by atoms with Gasteiger partial charge in [-0.2, -0.15) is 0 Å². The van der Waals surface area contributed by atoms with Crippen LogP contribution in [0.4, 0.5) is 16.5 Å². The van der Waals surface area contributed by atoms with Crippen molar-refractivity contribution in [1.82, 2.24) is 10.2 Å². The smallest absolute Gasteiger partial charge is 0.238 e. The second-order valence-corrected chi connectivity index (χ2v) is 9.40. The fourth-order valence-corrected chi connectivity index (χ4v) is 4.32. The number of carbonyl (C=O) groups excluding carboxylic acids is 1. The van der Waals surface area contributed by atoms with Gasteiger partial charge in [0.15, 0.2) is 4.34 Å². The molecule has 12 heteroatoms. The molecule has 0 saturated heterocycles. The molecule has 0 bridgehead atoms. The fourth-order valence-electron chi connectivity index (χ4n) is 2.19. The van der Waals surface area contributed by atoms with Gasteiger partial charge in [0.25, 0.3) is 0 Å². The fraction of sp³-hybridized carbons (Fsp3) is 0.118. The molecular weight excluding hydrogens is 434 g/mol. The van der Waals surface area contributed by atoms with Crippen LogP contribution in [0.5, 0.6) is 5.75 Å². The molecule has 1 amide bonds. The molecule has 0 atom stereocenters. The lowest BCUT2D eigenvalue weighted by Crippen LogP contribution is -2.16. The highest BCUT2D eigenvalue weighted by Crippen LogP contribution is 2.28. The van der Waals surface area contributed by atoms with E-state index in [1.165, 1.54) is 41.3 Å². The van der Waals surface area contributed by atoms with Gasteiger partial charge in [0, 0.05) is 11.4 Å². The molecule has 0 spiro atoms. The van der Waals surface area contributed by atoms with Gasteiger partial charge >= 0.3 is 0 Å². The van der Waals surface area contributed by atoms with Crippen molar-refractivity contribution < 1.29 is 17.9 Å². The summed E-state index contributed by atoms with van der Waals surface area (Å²) < 4.78 is 28.5. The van der Waals surface area contributed by atoms with E-state index < -0.39 is 10.0 Å². The SMILES string of the molecule is COc1ccc(Nc2nnc(SCC(=O)Nc3cccc(S(N)(=O)=O)c3)s2)cc1. The first-order valence-corrected chi connectivity index (χ1v) is 11.5. The van der Waals surface area contributed by atoms with E-state index in [2.05, 4.69) is 20.8 Å². The van der Waals surface area contributed by atoms with Gasteiger partial charge < -0.3 is 15.4 Å². The minimum atomic E-state index is -3.83. The molecule has 2 aromatic carbocycles. The van der Waals surface area contributed by atoms with Gasteiger partial charge in [0.1, 0.15) is 5.75 Å². The van der Waals surface area contributed by atoms with Crippen molar-refractivity contribution in [3.63, 3.8) is 0 Å². The van der Waals surface area contributed by atoms with Gasteiger partial charge in [-0.3, -0.25) is 4.79 Å². The molecule has 0 fully saturated rings. The number of rotatable bonds is 8. The number of thioether (sulfide) groups is 1. The molecule has 3 aromatic rings. The molecular formula is C17H17N5O4S3. The number of methoxy groups -OCH3 is 1. The Balaban J connectivity index is 1.53. The lowest BCUT2D eigenvalue weighted by Gasteiger charge is -2.05. The average molecular weight is 452 g/mol. The second kappa shape index (κ2) is 9.22. The number of hydrogen-bond acceptors (Lipinski definition) is 9. The van der Waals surface area contributed by atoms with Crippen molar-refractivity contribution in [2.45, 2.75) is 9.24 Å². The van der Waals surface area contributed by atoms with Gasteiger partial charge in [-0.15, -0.1) is 10.2 Å². The van der Waals surface area contributed by atoms with Crippen LogP contribution in [-0.4, -0.2) is 37.4 Å². The monoisotopic (exact) mass is 451 g/mol. The molecule has 0 radical (unpaired) electrons. The molecule has 9 nitrogen and oxygen atoms in total. The highest BCUT2D eigenvalue weighted by molar-refractivity contribution is 8.01. The van der Waals surface area contributed by atoms with Gasteiger partial charge in [0.05, 0.1) is 17.8 Å². The largest absolute Gasteiger partial charge is 0.497 e. The minimum absolute atomic E-state index is 0.0682. The molecule has 0 aliphatic rings. The predicted octanol–water partition coefficient (Wildman–Crippen LogP) is 2.67. The molecule has 29 heavy (non-hydrogen) atoms. The van der Waals surface area contributed by atoms with Crippen LogP contribution in [-0.2, 0) is 14.8 Å². The third kappa shape index (κ3) is 6.15. The van der Waals surface area contributed by atoms with Crippen LogP contribution >= 0.6 is 23.1 Å². The molecule has 1 heterocycles. The Morgan fingerprint density at radius 2 is 1.93 bits per heavy atom. The lowest BCUT2D eigenvalue weighted by molar-refractivity contribution is -0.113. The summed E-state index contributed by atoms with van der Waals surface area (Å²) in [5, 5.41) is 19.5. The van der Waals surface area contributed by atoms with E-state index >= 15 is 0 Å². The highest BCUT2D eigenvalue weighted by Gasteiger charge is 2.11. The van der Waals surface area contributed by atoms with Crippen LogP contribution in [0, 0.1) is 0 Å². The molecule has 0 unspecified atom stereocenters. The number of aromatic nitrogens is 2. The molecule has 4 N–H and O–H groups in total. The number of nitrogens with one attached hydrogen (secondary N) is 2. The summed E-state index contributed by atoms with van der Waals surface area (Å²) >= 11 is 2.54. The number of ether oxygens (including phenoxy) is 1. The van der Waals surface area contributed by atoms with E-state index in [-0.39, 0.29) is 16.6 Å². The zero-order valence-corrected chi connectivity index (χ0v) is 17.6. The normalized spacial score (nSPS) is 11.1. The first-order chi connectivity index (χ1) is 13.8. The molecule has 152 valence electrons. The Kier molecular flexibility index (Phi) is 6.69. The summed E-state index contributed by atoms with van der Waals surface area (Å²) in [6, 6.07) is 13.1. The molecule has 0 aliphatic heterocycles. The zero-order chi connectivity index (χ0) is 20.9. The van der Waals surface area contributed by atoms with Crippen LogP contribution < -0.4 is 20.5 Å². The number of nitrogens with zero attached hydrogens (tertiary/aromatic N) is 2. The Hall–Kier alpha value is -2.67. The average Bonchev–Trinajstić information content (AvgIpc) is 3.14. The van der Waals surface area contributed by atoms with E-state index in [1.54, 1.807) is 13.2 Å². The number of sulfonamides is 1. The summed E-state index contributed by atoms with van der Waals surface area (Å²) in [5.41, 5.74) is 1.19. The van der Waals surface area contributed by atoms with Gasteiger partial charge in [-0.05, 0) is 42.5 Å². The Labute approximate surface area is 175 Å². The standard InChI is InChI=1S/C17H17N5O4S3/c1-26-13-7-5-11(6-8-13)20-16-21-22-17(28-16)27-10-15(23)19-12-3-2-4-14(9-12)29(18,24)25/h2-9H,10H2,1H3,(H,19,23)(H,20,21)(H2,18,24,25). The number of primary sulfonamides is 1. The van der Waals surface area contributed by atoms with Crippen LogP contribution in [0.2, 0.25) is 0 Å². The van der Waals surface area contributed by atoms with E-state index in [0.29, 0.717) is 15.2 Å². The number of carbonyl (C=O) groups is 1. The first-order valence-electron chi connectivity index (χ1n) is 8.13. The Morgan fingerprint density at radius 1 is 1.17 bits per heavy atom. The van der Waals surface area contributed by atoms with Crippen molar-refractivity contribution in [1.29, 1.82) is 0 Å². The second-order valence-electron chi connectivity index (χ2n) is 5.64. The number of benzene rings is 2. The molecule has 3 rings (SSSR count). The van der Waals surface area contributed by atoms with E-state index in [0.717, 1.165) is 11.4 Å². The Bertz CT molecular complexity index is 1100. The number of anilines is 3. The topological polar surface area (TPSA) is 136 Å². The number of amides is 1. The first kappa shape index (κ1) is 21.0. The minimum Gasteiger partial charge on any atom is -0.497 e. The summed E-state index contributed by atoms with van der Waals surface area (Å²) in [6.45, 7) is 0. The maximum atomic E-state index is 12.1. The van der Waals surface area contributed by atoms with E-state index in [4.69, 9.17) is 9.88 Å². The van der Waals surface area contributed by atoms with Crippen molar-refractivity contribution in [2.75, 3.05) is 23.5 Å². The number of nitrogens with two attached hydrogens (primary N) is 1. The molecule has 0 aliphatic carbocycles. The van der Waals surface area contributed by atoms with Gasteiger partial charge in [-0.1, -0.05) is 29.2 Å². The van der Waals surface area contributed by atoms with Crippen LogP contribution in [0.15, 0.2) is 57.8 Å². The third-order valence-corrected chi connectivity index (χ3v) is 6.40. The summed E-state index contributed by atoms with van der Waals surface area (Å²) in [6.07, 6.45) is 0. The van der Waals surface area contributed by atoms with Crippen molar-refractivity contribution in [3.05, 3.63) is 48.5 Å². The summed E-state index contributed by atoms with van der Waals surface area (Å²) in [4.78, 5) is 12.1. The molecule has 1 aromatic heterocycles. The summed E-state index contributed by atoms with van der Waals surface area (Å²) in [7, 11) is -2.23. The van der Waals surface area contributed by atoms with Crippen LogP contribution in [0.1, 0.15) is 0 Å². The zero-order valence-electron chi connectivity index (χ0n) is 15.2.